The molecule has 0 saturated heterocycles. The molecule has 0 amide bonds. The second kappa shape index (κ2) is 6.50. The van der Waals surface area contributed by atoms with Crippen LogP contribution >= 0.6 is 0 Å². The molecule has 0 fully saturated rings. The first-order chi connectivity index (χ1) is 11.1. The van der Waals surface area contributed by atoms with Crippen LogP contribution in [0.3, 0.4) is 0 Å². The molecule has 0 spiro atoms. The van der Waals surface area contributed by atoms with Crippen LogP contribution in [0.25, 0.3) is 10.9 Å². The lowest BCUT2D eigenvalue weighted by atomic mass is 10.1. The number of benzene rings is 1. The molecule has 1 aromatic carbocycles. The Balaban J connectivity index is 1.69. The number of nitrogens with one attached hydrogen (secondary N) is 2. The quantitative estimate of drug-likeness (QED) is 0.731. The Morgan fingerprint density at radius 2 is 2.09 bits per heavy atom. The maximum absolute atomic E-state index is 13.4. The molecule has 0 aliphatic carbocycles. The van der Waals surface area contributed by atoms with Crippen LogP contribution < -0.4 is 5.32 Å². The van der Waals surface area contributed by atoms with Gasteiger partial charge in [-0.05, 0) is 31.0 Å². The van der Waals surface area contributed by atoms with Crippen molar-refractivity contribution in [1.82, 2.24) is 19.9 Å². The van der Waals surface area contributed by atoms with Crippen molar-refractivity contribution in [3.05, 3.63) is 53.7 Å². The molecule has 2 aromatic heterocycles. The minimum Gasteiger partial charge on any atom is -0.361 e. The van der Waals surface area contributed by atoms with Crippen molar-refractivity contribution in [2.75, 3.05) is 6.54 Å². The summed E-state index contributed by atoms with van der Waals surface area (Å²) in [5.74, 6) is -1.64. The molecule has 2 N–H and O–H groups in total. The van der Waals surface area contributed by atoms with Crippen LogP contribution in [0.4, 0.5) is 8.78 Å². The van der Waals surface area contributed by atoms with E-state index in [0.717, 1.165) is 36.0 Å². The zero-order chi connectivity index (χ0) is 16.4. The van der Waals surface area contributed by atoms with E-state index in [-0.39, 0.29) is 6.04 Å². The zero-order valence-electron chi connectivity index (χ0n) is 13.2. The van der Waals surface area contributed by atoms with E-state index >= 15 is 0 Å². The van der Waals surface area contributed by atoms with Gasteiger partial charge in [0.1, 0.15) is 0 Å². The lowest BCUT2D eigenvalue weighted by Crippen LogP contribution is -2.24. The third kappa shape index (κ3) is 3.12. The molecule has 2 heterocycles. The average Bonchev–Trinajstić information content (AvgIpc) is 3.11. The topological polar surface area (TPSA) is 45.6 Å². The van der Waals surface area contributed by atoms with Crippen LogP contribution in [0.2, 0.25) is 0 Å². The number of H-pyrrole nitrogens is 1. The molecule has 3 rings (SSSR count). The number of aromatic nitrogens is 3. The van der Waals surface area contributed by atoms with Crippen LogP contribution in [-0.4, -0.2) is 21.1 Å². The molecule has 3 aromatic rings. The molecule has 0 bridgehead atoms. The largest absolute Gasteiger partial charge is 0.361 e. The number of hydrogen-bond donors (Lipinski definition) is 2. The number of hydrogen-bond acceptors (Lipinski definition) is 2. The van der Waals surface area contributed by atoms with Crippen molar-refractivity contribution < 1.29 is 8.78 Å². The third-order valence-corrected chi connectivity index (χ3v) is 4.21. The highest BCUT2D eigenvalue weighted by atomic mass is 19.2. The first-order valence-electron chi connectivity index (χ1n) is 7.74. The van der Waals surface area contributed by atoms with Gasteiger partial charge in [0.15, 0.2) is 11.6 Å². The fourth-order valence-electron chi connectivity index (χ4n) is 2.92. The predicted octanol–water partition coefficient (Wildman–Crippen LogP) is 3.46. The summed E-state index contributed by atoms with van der Waals surface area (Å²) in [7, 11) is 1.98. The lowest BCUT2D eigenvalue weighted by Gasteiger charge is -2.17. The number of imidazole rings is 1. The minimum absolute atomic E-state index is 0.224. The summed E-state index contributed by atoms with van der Waals surface area (Å²) in [6, 6.07) is 2.68. The van der Waals surface area contributed by atoms with Gasteiger partial charge in [-0.3, -0.25) is 0 Å². The summed E-state index contributed by atoms with van der Waals surface area (Å²) in [5, 5.41) is 4.23. The van der Waals surface area contributed by atoms with Crippen molar-refractivity contribution in [2.45, 2.75) is 25.8 Å². The molecule has 23 heavy (non-hydrogen) atoms. The standard InChI is InChI=1S/C17H20F2N4/c1-3-15(17-9-20-10-23(17)2)21-5-4-11-8-22-16-7-14(19)13(18)6-12(11)16/h6-10,15,21-22H,3-5H2,1-2H3. The van der Waals surface area contributed by atoms with E-state index in [1.807, 2.05) is 24.0 Å². The number of rotatable bonds is 6. The van der Waals surface area contributed by atoms with Gasteiger partial charge in [-0.15, -0.1) is 0 Å². The van der Waals surface area contributed by atoms with E-state index in [4.69, 9.17) is 0 Å². The lowest BCUT2D eigenvalue weighted by molar-refractivity contribution is 0.498. The Bertz CT molecular complexity index is 806. The smallest absolute Gasteiger partial charge is 0.160 e. The Morgan fingerprint density at radius 1 is 1.30 bits per heavy atom. The van der Waals surface area contributed by atoms with Gasteiger partial charge in [0.2, 0.25) is 0 Å². The summed E-state index contributed by atoms with van der Waals surface area (Å²) in [4.78, 5) is 7.14. The molecule has 0 radical (unpaired) electrons. The number of fused-ring (bicyclic) bond motifs is 1. The van der Waals surface area contributed by atoms with Crippen molar-refractivity contribution in [3.63, 3.8) is 0 Å². The molecule has 4 nitrogen and oxygen atoms in total. The van der Waals surface area contributed by atoms with Crippen LogP contribution in [0, 0.1) is 11.6 Å². The molecule has 1 unspecified atom stereocenters. The van der Waals surface area contributed by atoms with E-state index < -0.39 is 11.6 Å². The summed E-state index contributed by atoms with van der Waals surface area (Å²) in [5.41, 5.74) is 2.74. The molecule has 1 atom stereocenters. The van der Waals surface area contributed by atoms with Gasteiger partial charge in [0.25, 0.3) is 0 Å². The highest BCUT2D eigenvalue weighted by Crippen LogP contribution is 2.22. The van der Waals surface area contributed by atoms with E-state index in [1.165, 1.54) is 12.1 Å². The van der Waals surface area contributed by atoms with Gasteiger partial charge >= 0.3 is 0 Å². The SMILES string of the molecule is CCC(NCCc1c[nH]c2cc(F)c(F)cc12)c1cncn1C. The van der Waals surface area contributed by atoms with Crippen LogP contribution in [-0.2, 0) is 13.5 Å². The minimum atomic E-state index is -0.828. The number of aryl methyl sites for hydroxylation is 1. The second-order valence-corrected chi connectivity index (χ2v) is 5.72. The highest BCUT2D eigenvalue weighted by molar-refractivity contribution is 5.83. The Labute approximate surface area is 133 Å². The van der Waals surface area contributed by atoms with Crippen molar-refractivity contribution in [1.29, 1.82) is 0 Å². The summed E-state index contributed by atoms with van der Waals surface area (Å²) < 4.78 is 28.7. The third-order valence-electron chi connectivity index (χ3n) is 4.21. The maximum Gasteiger partial charge on any atom is 0.160 e. The van der Waals surface area contributed by atoms with Gasteiger partial charge in [0, 0.05) is 42.5 Å². The predicted molar refractivity (Wildman–Crippen MR) is 86.2 cm³/mol. The normalized spacial score (nSPS) is 12.9. The molecule has 0 aliphatic rings. The Kier molecular flexibility index (Phi) is 4.43. The van der Waals surface area contributed by atoms with Crippen LogP contribution in [0.5, 0.6) is 0 Å². The van der Waals surface area contributed by atoms with Crippen molar-refractivity contribution in [3.8, 4) is 0 Å². The van der Waals surface area contributed by atoms with Gasteiger partial charge in [-0.25, -0.2) is 13.8 Å². The monoisotopic (exact) mass is 318 g/mol. The fourth-order valence-corrected chi connectivity index (χ4v) is 2.92. The highest BCUT2D eigenvalue weighted by Gasteiger charge is 2.13. The molecule has 122 valence electrons. The van der Waals surface area contributed by atoms with Gasteiger partial charge < -0.3 is 14.9 Å². The number of aromatic amines is 1. The van der Waals surface area contributed by atoms with E-state index in [2.05, 4.69) is 22.2 Å². The molecule has 0 aliphatic heterocycles. The summed E-state index contributed by atoms with van der Waals surface area (Å²) in [6.45, 7) is 2.87. The molecule has 6 heteroatoms. The number of nitrogens with zero attached hydrogens (tertiary/aromatic N) is 2. The number of halogens is 2. The van der Waals surface area contributed by atoms with E-state index in [1.54, 1.807) is 6.33 Å². The van der Waals surface area contributed by atoms with Crippen molar-refractivity contribution >= 4 is 10.9 Å². The zero-order valence-corrected chi connectivity index (χ0v) is 13.2. The fraction of sp³-hybridized carbons (Fsp3) is 0.353. The maximum atomic E-state index is 13.4. The first kappa shape index (κ1) is 15.7. The molecular formula is C17H20F2N4. The van der Waals surface area contributed by atoms with Crippen LogP contribution in [0.1, 0.15) is 30.6 Å². The Morgan fingerprint density at radius 3 is 2.78 bits per heavy atom. The molecule has 0 saturated carbocycles. The van der Waals surface area contributed by atoms with Gasteiger partial charge in [-0.2, -0.15) is 0 Å². The van der Waals surface area contributed by atoms with Gasteiger partial charge in [-0.1, -0.05) is 6.92 Å². The van der Waals surface area contributed by atoms with Crippen LogP contribution in [0.15, 0.2) is 30.9 Å². The first-order valence-corrected chi connectivity index (χ1v) is 7.74. The molecular weight excluding hydrogens is 298 g/mol. The van der Waals surface area contributed by atoms with E-state index in [9.17, 15) is 8.78 Å². The average molecular weight is 318 g/mol. The van der Waals surface area contributed by atoms with E-state index in [0.29, 0.717) is 5.52 Å². The van der Waals surface area contributed by atoms with Crippen molar-refractivity contribution in [2.24, 2.45) is 7.05 Å². The Hall–Kier alpha value is -2.21. The van der Waals surface area contributed by atoms with Gasteiger partial charge in [0.05, 0.1) is 12.0 Å². The summed E-state index contributed by atoms with van der Waals surface area (Å²) in [6.07, 6.45) is 7.16. The summed E-state index contributed by atoms with van der Waals surface area (Å²) >= 11 is 0. The second-order valence-electron chi connectivity index (χ2n) is 5.72.